The van der Waals surface area contributed by atoms with Gasteiger partial charge in [0.1, 0.15) is 6.10 Å². The van der Waals surface area contributed by atoms with Crippen LogP contribution in [0.25, 0.3) is 0 Å². The second-order valence-corrected chi connectivity index (χ2v) is 2.17. The quantitative estimate of drug-likeness (QED) is 0.428. The Labute approximate surface area is 52.1 Å². The van der Waals surface area contributed by atoms with Gasteiger partial charge in [0.25, 0.3) is 0 Å². The number of aliphatic hydroxyl groups excluding tert-OH is 1. The second kappa shape index (κ2) is 1.76. The van der Waals surface area contributed by atoms with Gasteiger partial charge in [0.15, 0.2) is 0 Å². The number of carbonyl (C=O) groups excluding carboxylic acids is 1. The van der Waals surface area contributed by atoms with Gasteiger partial charge in [-0.05, 0) is 6.92 Å². The molecule has 2 N–H and O–H groups in total. The molecule has 0 saturated carbocycles. The molecular formula is C5H8O4. The van der Waals surface area contributed by atoms with Crippen molar-refractivity contribution < 1.29 is 19.7 Å². The van der Waals surface area contributed by atoms with Crippen LogP contribution in [0.1, 0.15) is 6.92 Å². The smallest absolute Gasteiger partial charge is 0.226 e. The lowest BCUT2D eigenvalue weighted by Gasteiger charge is -2.11. The van der Waals surface area contributed by atoms with E-state index in [2.05, 4.69) is 4.74 Å². The molecule has 0 spiro atoms. The summed E-state index contributed by atoms with van der Waals surface area (Å²) in [7, 11) is 0. The lowest BCUT2D eigenvalue weighted by atomic mass is 10.2. The minimum Gasteiger partial charge on any atom is -0.383 e. The molecule has 1 rings (SSSR count). The minimum absolute atomic E-state index is 0.105. The molecule has 4 nitrogen and oxygen atoms in total. The highest BCUT2D eigenvalue weighted by atomic mass is 16.6. The standard InChI is InChI=1S/C5H8O4/c1-5(8)4(7)3(6)2-9-5/h3,6,8H,2H2,1H3. The largest absolute Gasteiger partial charge is 0.383 e. The summed E-state index contributed by atoms with van der Waals surface area (Å²) in [6.07, 6.45) is -1.15. The Kier molecular flexibility index (Phi) is 1.31. The zero-order valence-corrected chi connectivity index (χ0v) is 5.00. The van der Waals surface area contributed by atoms with Crippen LogP contribution in [0, 0.1) is 0 Å². The molecule has 1 heterocycles. The molecule has 52 valence electrons. The Bertz CT molecular complexity index is 140. The van der Waals surface area contributed by atoms with E-state index in [-0.39, 0.29) is 6.61 Å². The Morgan fingerprint density at radius 1 is 1.89 bits per heavy atom. The predicted molar refractivity (Wildman–Crippen MR) is 27.6 cm³/mol. The highest BCUT2D eigenvalue weighted by Gasteiger charge is 2.43. The average molecular weight is 132 g/mol. The van der Waals surface area contributed by atoms with Crippen LogP contribution < -0.4 is 0 Å². The van der Waals surface area contributed by atoms with Gasteiger partial charge < -0.3 is 14.9 Å². The Balaban J connectivity index is 2.74. The van der Waals surface area contributed by atoms with Crippen molar-refractivity contribution in [1.29, 1.82) is 0 Å². The summed E-state index contributed by atoms with van der Waals surface area (Å²) < 4.78 is 4.52. The number of ether oxygens (including phenoxy) is 1. The van der Waals surface area contributed by atoms with Crippen LogP contribution in [0.2, 0.25) is 0 Å². The molecule has 2 unspecified atom stereocenters. The van der Waals surface area contributed by atoms with E-state index in [1.165, 1.54) is 6.92 Å². The van der Waals surface area contributed by atoms with Crippen molar-refractivity contribution in [3.05, 3.63) is 0 Å². The molecule has 1 aliphatic rings. The van der Waals surface area contributed by atoms with Crippen LogP contribution in [-0.2, 0) is 9.53 Å². The Morgan fingerprint density at radius 2 is 2.44 bits per heavy atom. The molecule has 1 saturated heterocycles. The number of hydrogen-bond acceptors (Lipinski definition) is 4. The van der Waals surface area contributed by atoms with Crippen LogP contribution in [0.3, 0.4) is 0 Å². The summed E-state index contributed by atoms with van der Waals surface area (Å²) in [5.74, 6) is -2.43. The SMILES string of the molecule is CC1(O)OCC(O)C1=O. The molecule has 2 atom stereocenters. The minimum atomic E-state index is -1.76. The number of hydrogen-bond donors (Lipinski definition) is 2. The molecule has 0 aromatic heterocycles. The maximum atomic E-state index is 10.6. The molecule has 0 aromatic rings. The van der Waals surface area contributed by atoms with E-state index in [9.17, 15) is 4.79 Å². The van der Waals surface area contributed by atoms with Crippen LogP contribution in [-0.4, -0.2) is 34.5 Å². The van der Waals surface area contributed by atoms with Crippen molar-refractivity contribution in [1.82, 2.24) is 0 Å². The topological polar surface area (TPSA) is 66.8 Å². The second-order valence-electron chi connectivity index (χ2n) is 2.17. The van der Waals surface area contributed by atoms with Crippen molar-refractivity contribution in [2.45, 2.75) is 18.8 Å². The first-order chi connectivity index (χ1) is 4.04. The lowest BCUT2D eigenvalue weighted by molar-refractivity contribution is -0.174. The molecule has 0 radical (unpaired) electrons. The first-order valence-electron chi connectivity index (χ1n) is 2.63. The van der Waals surface area contributed by atoms with Gasteiger partial charge >= 0.3 is 0 Å². The molecule has 4 heteroatoms. The van der Waals surface area contributed by atoms with Gasteiger partial charge in [0, 0.05) is 0 Å². The summed E-state index contributed by atoms with van der Waals surface area (Å²) in [4.78, 5) is 10.6. The van der Waals surface area contributed by atoms with Gasteiger partial charge in [0.05, 0.1) is 6.61 Å². The normalized spacial score (nSPS) is 43.9. The van der Waals surface area contributed by atoms with Crippen LogP contribution in [0.4, 0.5) is 0 Å². The Hall–Kier alpha value is -0.450. The Morgan fingerprint density at radius 3 is 2.56 bits per heavy atom. The summed E-state index contributed by atoms with van der Waals surface area (Å²) in [5.41, 5.74) is 0. The molecule has 9 heavy (non-hydrogen) atoms. The summed E-state index contributed by atoms with van der Waals surface area (Å²) in [6, 6.07) is 0. The molecule has 1 fully saturated rings. The monoisotopic (exact) mass is 132 g/mol. The van der Waals surface area contributed by atoms with Gasteiger partial charge in [-0.15, -0.1) is 0 Å². The molecule has 0 amide bonds. The number of carbonyl (C=O) groups is 1. The van der Waals surface area contributed by atoms with Crippen molar-refractivity contribution in [3.8, 4) is 0 Å². The van der Waals surface area contributed by atoms with Crippen molar-refractivity contribution in [2.75, 3.05) is 6.61 Å². The zero-order valence-electron chi connectivity index (χ0n) is 5.00. The predicted octanol–water partition coefficient (Wildman–Crippen LogP) is -1.34. The number of rotatable bonds is 0. The first kappa shape index (κ1) is 6.67. The van der Waals surface area contributed by atoms with E-state index in [4.69, 9.17) is 10.2 Å². The maximum Gasteiger partial charge on any atom is 0.226 e. The fourth-order valence-electron chi connectivity index (χ4n) is 0.697. The average Bonchev–Trinajstić information content (AvgIpc) is 1.97. The summed E-state index contributed by atoms with van der Waals surface area (Å²) in [6.45, 7) is 1.11. The van der Waals surface area contributed by atoms with Gasteiger partial charge in [0.2, 0.25) is 11.6 Å². The highest BCUT2D eigenvalue weighted by molar-refractivity contribution is 5.90. The van der Waals surface area contributed by atoms with E-state index < -0.39 is 17.7 Å². The van der Waals surface area contributed by atoms with Crippen molar-refractivity contribution in [3.63, 3.8) is 0 Å². The number of aliphatic hydroxyl groups is 2. The van der Waals surface area contributed by atoms with E-state index in [1.807, 2.05) is 0 Å². The summed E-state index contributed by atoms with van der Waals surface area (Å²) >= 11 is 0. The molecular weight excluding hydrogens is 124 g/mol. The molecule has 0 aromatic carbocycles. The molecule has 1 aliphatic heterocycles. The highest BCUT2D eigenvalue weighted by Crippen LogP contribution is 2.17. The van der Waals surface area contributed by atoms with E-state index >= 15 is 0 Å². The zero-order chi connectivity index (χ0) is 7.07. The molecule has 0 bridgehead atoms. The van der Waals surface area contributed by atoms with Crippen molar-refractivity contribution in [2.24, 2.45) is 0 Å². The van der Waals surface area contributed by atoms with Crippen LogP contribution in [0.15, 0.2) is 0 Å². The van der Waals surface area contributed by atoms with E-state index in [0.717, 1.165) is 0 Å². The van der Waals surface area contributed by atoms with E-state index in [0.29, 0.717) is 0 Å². The third kappa shape index (κ3) is 0.962. The summed E-state index contributed by atoms with van der Waals surface area (Å²) in [5, 5.41) is 17.6. The van der Waals surface area contributed by atoms with Crippen molar-refractivity contribution >= 4 is 5.78 Å². The van der Waals surface area contributed by atoms with Gasteiger partial charge in [-0.2, -0.15) is 0 Å². The lowest BCUT2D eigenvalue weighted by Crippen LogP contribution is -2.34. The fourth-order valence-corrected chi connectivity index (χ4v) is 0.697. The van der Waals surface area contributed by atoms with Gasteiger partial charge in [-0.1, -0.05) is 0 Å². The maximum absolute atomic E-state index is 10.6. The number of Topliss-reactive ketones (excluding diaryl/α,β-unsaturated/α-hetero) is 1. The third-order valence-corrected chi connectivity index (χ3v) is 1.28. The van der Waals surface area contributed by atoms with Crippen LogP contribution in [0.5, 0.6) is 0 Å². The molecule has 0 aliphatic carbocycles. The van der Waals surface area contributed by atoms with Gasteiger partial charge in [-0.25, -0.2) is 0 Å². The van der Waals surface area contributed by atoms with Gasteiger partial charge in [-0.3, -0.25) is 4.79 Å². The fraction of sp³-hybridized carbons (Fsp3) is 0.800. The van der Waals surface area contributed by atoms with Crippen LogP contribution >= 0.6 is 0 Å². The number of ketones is 1. The third-order valence-electron chi connectivity index (χ3n) is 1.28. The van der Waals surface area contributed by atoms with E-state index in [1.54, 1.807) is 0 Å². The first-order valence-corrected chi connectivity index (χ1v) is 2.63.